The van der Waals surface area contributed by atoms with Gasteiger partial charge in [-0.2, -0.15) is 0 Å². The summed E-state index contributed by atoms with van der Waals surface area (Å²) < 4.78 is 32.1. The quantitative estimate of drug-likeness (QED) is 0.675. The lowest BCUT2D eigenvalue weighted by Gasteiger charge is -2.11. The van der Waals surface area contributed by atoms with Crippen LogP contribution in [0.2, 0.25) is 0 Å². The van der Waals surface area contributed by atoms with Crippen molar-refractivity contribution in [2.45, 2.75) is 31.2 Å². The Labute approximate surface area is 158 Å². The van der Waals surface area contributed by atoms with Crippen molar-refractivity contribution in [3.05, 3.63) is 60.2 Å². The molecule has 2 aromatic rings. The van der Waals surface area contributed by atoms with Crippen molar-refractivity contribution < 1.29 is 22.7 Å². The molecule has 2 N–H and O–H groups in total. The number of hydrogen-bond donors (Lipinski definition) is 2. The fraction of sp³-hybridized carbons (Fsp3) is 0.263. The average Bonchev–Trinajstić information content (AvgIpc) is 2.66. The second-order valence-corrected chi connectivity index (χ2v) is 7.63. The molecule has 0 aliphatic carbocycles. The van der Waals surface area contributed by atoms with E-state index in [0.717, 1.165) is 6.42 Å². The van der Waals surface area contributed by atoms with Crippen molar-refractivity contribution in [1.82, 2.24) is 5.32 Å². The van der Waals surface area contributed by atoms with Crippen molar-refractivity contribution in [3.8, 4) is 0 Å². The molecule has 7 nitrogen and oxygen atoms in total. The molecule has 0 fully saturated rings. The Morgan fingerprint density at radius 3 is 2.26 bits per heavy atom. The molecule has 0 radical (unpaired) electrons. The first kappa shape index (κ1) is 20.4. The normalized spacial score (nSPS) is 12.1. The van der Waals surface area contributed by atoms with E-state index >= 15 is 0 Å². The lowest BCUT2D eigenvalue weighted by Crippen LogP contribution is -2.35. The maximum absolute atomic E-state index is 12.3. The van der Waals surface area contributed by atoms with Crippen LogP contribution in [0.5, 0.6) is 0 Å². The third-order valence-corrected chi connectivity index (χ3v) is 5.18. The van der Waals surface area contributed by atoms with Crippen molar-refractivity contribution >= 4 is 27.6 Å². The van der Waals surface area contributed by atoms with Gasteiger partial charge >= 0.3 is 5.97 Å². The standard InChI is InChI=1S/C19H22N2O5S/c1-3-14(2)20-18(22)13-26-19(23)15-9-11-17(12-10-15)27(24,25)21-16-7-5-4-6-8-16/h4-12,14,21H,3,13H2,1-2H3,(H,20,22)/t14-/m1/s1. The van der Waals surface area contributed by atoms with Gasteiger partial charge in [0.25, 0.3) is 15.9 Å². The monoisotopic (exact) mass is 390 g/mol. The second-order valence-electron chi connectivity index (χ2n) is 5.95. The van der Waals surface area contributed by atoms with Gasteiger partial charge in [0, 0.05) is 11.7 Å². The number of anilines is 1. The highest BCUT2D eigenvalue weighted by Gasteiger charge is 2.16. The van der Waals surface area contributed by atoms with E-state index in [9.17, 15) is 18.0 Å². The molecule has 8 heteroatoms. The van der Waals surface area contributed by atoms with Crippen LogP contribution in [0.3, 0.4) is 0 Å². The Balaban J connectivity index is 1.97. The Morgan fingerprint density at radius 1 is 1.04 bits per heavy atom. The summed E-state index contributed by atoms with van der Waals surface area (Å²) in [6, 6.07) is 13.8. The molecule has 1 atom stereocenters. The summed E-state index contributed by atoms with van der Waals surface area (Å²) in [5, 5.41) is 2.68. The zero-order valence-electron chi connectivity index (χ0n) is 15.1. The molecule has 0 unspecified atom stereocenters. The third-order valence-electron chi connectivity index (χ3n) is 3.78. The van der Waals surface area contributed by atoms with Gasteiger partial charge in [0.05, 0.1) is 10.5 Å². The number of rotatable bonds is 8. The fourth-order valence-electron chi connectivity index (χ4n) is 2.12. The van der Waals surface area contributed by atoms with E-state index in [1.165, 1.54) is 24.3 Å². The smallest absolute Gasteiger partial charge is 0.338 e. The summed E-state index contributed by atoms with van der Waals surface area (Å²) in [5.41, 5.74) is 0.596. The van der Waals surface area contributed by atoms with Gasteiger partial charge in [0.1, 0.15) is 0 Å². The van der Waals surface area contributed by atoms with Gasteiger partial charge in [-0.05, 0) is 49.7 Å². The van der Waals surface area contributed by atoms with Crippen LogP contribution in [0, 0.1) is 0 Å². The molecule has 0 aliphatic heterocycles. The van der Waals surface area contributed by atoms with Gasteiger partial charge in [0.2, 0.25) is 0 Å². The molecule has 0 heterocycles. The molecule has 2 aromatic carbocycles. The molecule has 0 saturated heterocycles. The topological polar surface area (TPSA) is 102 Å². The maximum Gasteiger partial charge on any atom is 0.338 e. The van der Waals surface area contributed by atoms with Crippen LogP contribution in [0.1, 0.15) is 30.6 Å². The molecular formula is C19H22N2O5S. The number of carbonyl (C=O) groups is 2. The first-order valence-corrected chi connectivity index (χ1v) is 9.94. The van der Waals surface area contributed by atoms with E-state index < -0.39 is 22.6 Å². The SMILES string of the molecule is CC[C@@H](C)NC(=O)COC(=O)c1ccc(S(=O)(=O)Nc2ccccc2)cc1. The van der Waals surface area contributed by atoms with Gasteiger partial charge in [-0.1, -0.05) is 25.1 Å². The van der Waals surface area contributed by atoms with Gasteiger partial charge in [0.15, 0.2) is 6.61 Å². The molecule has 0 aromatic heterocycles. The zero-order chi connectivity index (χ0) is 19.9. The van der Waals surface area contributed by atoms with Crippen molar-refractivity contribution in [1.29, 1.82) is 0 Å². The minimum atomic E-state index is -3.76. The molecule has 0 aliphatic rings. The van der Waals surface area contributed by atoms with Gasteiger partial charge < -0.3 is 10.1 Å². The molecule has 0 spiro atoms. The number of carbonyl (C=O) groups excluding carboxylic acids is 2. The number of benzene rings is 2. The largest absolute Gasteiger partial charge is 0.452 e. The number of hydrogen-bond acceptors (Lipinski definition) is 5. The molecular weight excluding hydrogens is 368 g/mol. The van der Waals surface area contributed by atoms with E-state index in [4.69, 9.17) is 4.74 Å². The predicted octanol–water partition coefficient (Wildman–Crippen LogP) is 2.56. The lowest BCUT2D eigenvalue weighted by atomic mass is 10.2. The number of sulfonamides is 1. The number of para-hydroxylation sites is 1. The van der Waals surface area contributed by atoms with E-state index in [-0.39, 0.29) is 22.4 Å². The Kier molecular flexibility index (Phi) is 6.95. The maximum atomic E-state index is 12.3. The third kappa shape index (κ3) is 6.10. The van der Waals surface area contributed by atoms with Gasteiger partial charge in [-0.15, -0.1) is 0 Å². The summed E-state index contributed by atoms with van der Waals surface area (Å²) in [4.78, 5) is 23.6. The Morgan fingerprint density at radius 2 is 1.67 bits per heavy atom. The van der Waals surface area contributed by atoms with E-state index in [2.05, 4.69) is 10.0 Å². The summed E-state index contributed by atoms with van der Waals surface area (Å²) in [6.07, 6.45) is 0.770. The predicted molar refractivity (Wildman–Crippen MR) is 102 cm³/mol. The minimum Gasteiger partial charge on any atom is -0.452 e. The number of ether oxygens (including phenoxy) is 1. The molecule has 1 amide bonds. The summed E-state index contributed by atoms with van der Waals surface area (Å²) >= 11 is 0. The lowest BCUT2D eigenvalue weighted by molar-refractivity contribution is -0.124. The minimum absolute atomic E-state index is 0.00203. The molecule has 144 valence electrons. The average molecular weight is 390 g/mol. The van der Waals surface area contributed by atoms with Crippen molar-refractivity contribution in [3.63, 3.8) is 0 Å². The van der Waals surface area contributed by atoms with Crippen LogP contribution in [-0.2, 0) is 19.6 Å². The zero-order valence-corrected chi connectivity index (χ0v) is 16.0. The van der Waals surface area contributed by atoms with Crippen molar-refractivity contribution in [2.24, 2.45) is 0 Å². The second kappa shape index (κ2) is 9.18. The highest BCUT2D eigenvalue weighted by Crippen LogP contribution is 2.16. The van der Waals surface area contributed by atoms with Crippen LogP contribution >= 0.6 is 0 Å². The van der Waals surface area contributed by atoms with Crippen molar-refractivity contribution in [2.75, 3.05) is 11.3 Å². The summed E-state index contributed by atoms with van der Waals surface area (Å²) in [5.74, 6) is -1.08. The molecule has 0 bridgehead atoms. The van der Waals surface area contributed by atoms with E-state index in [1.807, 2.05) is 13.8 Å². The van der Waals surface area contributed by atoms with Crippen LogP contribution < -0.4 is 10.0 Å². The van der Waals surface area contributed by atoms with Crippen LogP contribution in [0.25, 0.3) is 0 Å². The number of esters is 1. The first-order chi connectivity index (χ1) is 12.8. The van der Waals surface area contributed by atoms with Crippen LogP contribution in [-0.4, -0.2) is 32.9 Å². The van der Waals surface area contributed by atoms with Gasteiger partial charge in [-0.25, -0.2) is 13.2 Å². The highest BCUT2D eigenvalue weighted by molar-refractivity contribution is 7.92. The number of nitrogens with one attached hydrogen (secondary N) is 2. The fourth-order valence-corrected chi connectivity index (χ4v) is 3.18. The summed E-state index contributed by atoms with van der Waals surface area (Å²) in [7, 11) is -3.76. The number of amides is 1. The van der Waals surface area contributed by atoms with E-state index in [1.54, 1.807) is 30.3 Å². The molecule has 2 rings (SSSR count). The summed E-state index contributed by atoms with van der Waals surface area (Å²) in [6.45, 7) is 3.39. The molecule has 0 saturated carbocycles. The highest BCUT2D eigenvalue weighted by atomic mass is 32.2. The van der Waals surface area contributed by atoms with Crippen LogP contribution in [0.4, 0.5) is 5.69 Å². The molecule has 27 heavy (non-hydrogen) atoms. The Hall–Kier alpha value is -2.87. The van der Waals surface area contributed by atoms with Gasteiger partial charge in [-0.3, -0.25) is 9.52 Å². The van der Waals surface area contributed by atoms with Crippen LogP contribution in [0.15, 0.2) is 59.5 Å². The Bertz CT molecular complexity index is 880. The van der Waals surface area contributed by atoms with E-state index in [0.29, 0.717) is 5.69 Å². The first-order valence-electron chi connectivity index (χ1n) is 8.46.